The second kappa shape index (κ2) is 7.04. The lowest BCUT2D eigenvalue weighted by atomic mass is 10.2. The number of hydrogen-bond donors (Lipinski definition) is 1. The number of benzene rings is 1. The molecule has 0 unspecified atom stereocenters. The Morgan fingerprint density at radius 2 is 2.05 bits per heavy atom. The molecule has 1 heterocycles. The van der Waals surface area contributed by atoms with E-state index in [1.54, 1.807) is 48.3 Å². The molecule has 2 rings (SSSR count). The van der Waals surface area contributed by atoms with Crippen LogP contribution in [-0.2, 0) is 4.79 Å². The van der Waals surface area contributed by atoms with Crippen molar-refractivity contribution in [2.75, 3.05) is 23.8 Å². The lowest BCUT2D eigenvalue weighted by Crippen LogP contribution is -2.30. The molecule has 2 aromatic rings. The van der Waals surface area contributed by atoms with Crippen LogP contribution in [0.15, 0.2) is 42.6 Å². The molecule has 0 aliphatic carbocycles. The minimum atomic E-state index is -0.179. The van der Waals surface area contributed by atoms with Crippen LogP contribution < -0.4 is 10.2 Å². The summed E-state index contributed by atoms with van der Waals surface area (Å²) in [6, 6.07) is 10.4. The Balaban J connectivity index is 1.97. The molecule has 0 saturated carbocycles. The average molecular weight is 318 g/mol. The Morgan fingerprint density at radius 1 is 1.27 bits per heavy atom. The average Bonchev–Trinajstić information content (AvgIpc) is 2.47. The molecule has 0 aliphatic heterocycles. The Hall–Kier alpha value is -2.40. The summed E-state index contributed by atoms with van der Waals surface area (Å²) in [7, 11) is 1.76. The first kappa shape index (κ1) is 16.0. The topological polar surface area (TPSA) is 62.3 Å². The van der Waals surface area contributed by atoms with Crippen LogP contribution in [0.5, 0.6) is 0 Å². The SMILES string of the molecule is CC(=O)c1ccc(N(C)CC(=O)Nc2cccc(Cl)c2)nc1. The van der Waals surface area contributed by atoms with E-state index in [2.05, 4.69) is 10.3 Å². The Labute approximate surface area is 133 Å². The van der Waals surface area contributed by atoms with Crippen molar-refractivity contribution in [1.29, 1.82) is 0 Å². The first-order valence-corrected chi connectivity index (χ1v) is 7.07. The Kier molecular flexibility index (Phi) is 5.12. The lowest BCUT2D eigenvalue weighted by molar-refractivity contribution is -0.114. The van der Waals surface area contributed by atoms with Gasteiger partial charge in [-0.15, -0.1) is 0 Å². The fourth-order valence-corrected chi connectivity index (χ4v) is 2.07. The Bertz CT molecular complexity index is 686. The number of amides is 1. The van der Waals surface area contributed by atoms with E-state index in [-0.39, 0.29) is 18.2 Å². The van der Waals surface area contributed by atoms with Crippen molar-refractivity contribution in [2.24, 2.45) is 0 Å². The van der Waals surface area contributed by atoms with Crippen LogP contribution in [0, 0.1) is 0 Å². The second-order valence-electron chi connectivity index (χ2n) is 4.88. The van der Waals surface area contributed by atoms with Crippen molar-refractivity contribution in [3.8, 4) is 0 Å². The van der Waals surface area contributed by atoms with Crippen molar-refractivity contribution >= 4 is 34.8 Å². The third-order valence-corrected chi connectivity index (χ3v) is 3.27. The molecule has 0 spiro atoms. The van der Waals surface area contributed by atoms with Gasteiger partial charge in [-0.2, -0.15) is 0 Å². The van der Waals surface area contributed by atoms with Gasteiger partial charge in [-0.3, -0.25) is 9.59 Å². The smallest absolute Gasteiger partial charge is 0.243 e. The van der Waals surface area contributed by atoms with E-state index in [0.717, 1.165) is 0 Å². The lowest BCUT2D eigenvalue weighted by Gasteiger charge is -2.17. The number of carbonyl (C=O) groups is 2. The molecule has 114 valence electrons. The van der Waals surface area contributed by atoms with Crippen LogP contribution in [0.4, 0.5) is 11.5 Å². The molecule has 1 aromatic carbocycles. The summed E-state index contributed by atoms with van der Waals surface area (Å²) in [6.45, 7) is 1.62. The second-order valence-corrected chi connectivity index (χ2v) is 5.31. The van der Waals surface area contributed by atoms with Gasteiger partial charge in [0.25, 0.3) is 0 Å². The first-order chi connectivity index (χ1) is 10.5. The number of hydrogen-bond acceptors (Lipinski definition) is 4. The third kappa shape index (κ3) is 4.30. The van der Waals surface area contributed by atoms with Gasteiger partial charge < -0.3 is 10.2 Å². The van der Waals surface area contributed by atoms with E-state index in [4.69, 9.17) is 11.6 Å². The number of Topliss-reactive ketones (excluding diaryl/α,β-unsaturated/α-hetero) is 1. The highest BCUT2D eigenvalue weighted by Crippen LogP contribution is 2.15. The molecule has 0 radical (unpaired) electrons. The third-order valence-electron chi connectivity index (χ3n) is 3.03. The molecule has 0 atom stereocenters. The molecule has 0 aliphatic rings. The number of nitrogens with one attached hydrogen (secondary N) is 1. The molecular weight excluding hydrogens is 302 g/mol. The predicted octanol–water partition coefficient (Wildman–Crippen LogP) is 3.01. The quantitative estimate of drug-likeness (QED) is 0.861. The van der Waals surface area contributed by atoms with E-state index in [9.17, 15) is 9.59 Å². The maximum absolute atomic E-state index is 12.0. The summed E-state index contributed by atoms with van der Waals surface area (Å²) in [6.07, 6.45) is 1.50. The zero-order valence-electron chi connectivity index (χ0n) is 12.3. The van der Waals surface area contributed by atoms with E-state index >= 15 is 0 Å². The van der Waals surface area contributed by atoms with Gasteiger partial charge in [0, 0.05) is 29.5 Å². The zero-order chi connectivity index (χ0) is 16.1. The summed E-state index contributed by atoms with van der Waals surface area (Å²) in [5.41, 5.74) is 1.19. The van der Waals surface area contributed by atoms with Gasteiger partial charge in [-0.25, -0.2) is 4.98 Å². The standard InChI is InChI=1S/C16H16ClN3O2/c1-11(21)12-6-7-15(18-9-12)20(2)10-16(22)19-14-5-3-4-13(17)8-14/h3-9H,10H2,1-2H3,(H,19,22). The van der Waals surface area contributed by atoms with Gasteiger partial charge in [0.2, 0.25) is 5.91 Å². The highest BCUT2D eigenvalue weighted by atomic mass is 35.5. The van der Waals surface area contributed by atoms with Crippen LogP contribution in [0.25, 0.3) is 0 Å². The van der Waals surface area contributed by atoms with Crippen LogP contribution in [0.2, 0.25) is 5.02 Å². The van der Waals surface area contributed by atoms with Crippen LogP contribution in [0.1, 0.15) is 17.3 Å². The van der Waals surface area contributed by atoms with Crippen molar-refractivity contribution < 1.29 is 9.59 Å². The number of carbonyl (C=O) groups excluding carboxylic acids is 2. The monoisotopic (exact) mass is 317 g/mol. The van der Waals surface area contributed by atoms with Gasteiger partial charge >= 0.3 is 0 Å². The molecule has 1 amide bonds. The summed E-state index contributed by atoms with van der Waals surface area (Å²) >= 11 is 5.87. The number of likely N-dealkylation sites (N-methyl/N-ethyl adjacent to an activating group) is 1. The number of halogens is 1. The van der Waals surface area contributed by atoms with Crippen molar-refractivity contribution in [3.63, 3.8) is 0 Å². The molecule has 6 heteroatoms. The van der Waals surface area contributed by atoms with Gasteiger partial charge in [0.05, 0.1) is 6.54 Å². The normalized spacial score (nSPS) is 10.1. The fourth-order valence-electron chi connectivity index (χ4n) is 1.88. The summed E-state index contributed by atoms with van der Waals surface area (Å²) in [5.74, 6) is 0.397. The predicted molar refractivity (Wildman–Crippen MR) is 87.6 cm³/mol. The number of aromatic nitrogens is 1. The molecule has 0 fully saturated rings. The van der Waals surface area contributed by atoms with Crippen molar-refractivity contribution in [2.45, 2.75) is 6.92 Å². The fraction of sp³-hybridized carbons (Fsp3) is 0.188. The molecule has 5 nitrogen and oxygen atoms in total. The Morgan fingerprint density at radius 3 is 2.64 bits per heavy atom. The van der Waals surface area contributed by atoms with Gasteiger partial charge in [0.15, 0.2) is 5.78 Å². The maximum atomic E-state index is 12.0. The number of nitrogens with zero attached hydrogens (tertiary/aromatic N) is 2. The van der Waals surface area contributed by atoms with Crippen molar-refractivity contribution in [3.05, 3.63) is 53.2 Å². The highest BCUT2D eigenvalue weighted by Gasteiger charge is 2.10. The molecule has 1 aromatic heterocycles. The largest absolute Gasteiger partial charge is 0.350 e. The van der Waals surface area contributed by atoms with Gasteiger partial charge in [0.1, 0.15) is 5.82 Å². The molecular formula is C16H16ClN3O2. The maximum Gasteiger partial charge on any atom is 0.243 e. The number of anilines is 2. The van der Waals surface area contributed by atoms with Crippen LogP contribution >= 0.6 is 11.6 Å². The minimum Gasteiger partial charge on any atom is -0.350 e. The van der Waals surface area contributed by atoms with E-state index in [1.165, 1.54) is 13.1 Å². The van der Waals surface area contributed by atoms with Gasteiger partial charge in [-0.1, -0.05) is 17.7 Å². The number of rotatable bonds is 5. The van der Waals surface area contributed by atoms with Crippen LogP contribution in [-0.4, -0.2) is 30.3 Å². The molecule has 22 heavy (non-hydrogen) atoms. The van der Waals surface area contributed by atoms with Crippen LogP contribution in [0.3, 0.4) is 0 Å². The van der Waals surface area contributed by atoms with E-state index in [1.807, 2.05) is 0 Å². The minimum absolute atomic E-state index is 0.0413. The first-order valence-electron chi connectivity index (χ1n) is 6.69. The van der Waals surface area contributed by atoms with E-state index < -0.39 is 0 Å². The summed E-state index contributed by atoms with van der Waals surface area (Å²) in [5, 5.41) is 3.33. The number of ketones is 1. The molecule has 0 bridgehead atoms. The summed E-state index contributed by atoms with van der Waals surface area (Å²) in [4.78, 5) is 29.1. The summed E-state index contributed by atoms with van der Waals surface area (Å²) < 4.78 is 0. The van der Waals surface area contributed by atoms with Crippen molar-refractivity contribution in [1.82, 2.24) is 4.98 Å². The molecule has 1 N–H and O–H groups in total. The zero-order valence-corrected chi connectivity index (χ0v) is 13.1. The molecule has 0 saturated heterocycles. The van der Waals surface area contributed by atoms with E-state index in [0.29, 0.717) is 22.1 Å². The highest BCUT2D eigenvalue weighted by molar-refractivity contribution is 6.30. The number of pyridine rings is 1. The van der Waals surface area contributed by atoms with Gasteiger partial charge in [-0.05, 0) is 37.3 Å².